The standard InChI is InChI=1S/C14H13BrF2N2O2/c15-10-3-6-13(18-7-10)19-8-12(20)9-1-4-11(5-2-9)21-14(16)17/h1-7,12,14,20H,8H2,(H,18,19). The third-order valence-corrected chi connectivity index (χ3v) is 3.16. The number of nitrogens with zero attached hydrogens (tertiary/aromatic N) is 1. The molecule has 1 aromatic carbocycles. The van der Waals surface area contributed by atoms with Crippen LogP contribution in [-0.2, 0) is 0 Å². The molecular weight excluding hydrogens is 346 g/mol. The molecule has 1 heterocycles. The van der Waals surface area contributed by atoms with Gasteiger partial charge in [0.1, 0.15) is 11.6 Å². The number of rotatable bonds is 6. The third-order valence-electron chi connectivity index (χ3n) is 2.69. The lowest BCUT2D eigenvalue weighted by molar-refractivity contribution is -0.0498. The van der Waals surface area contributed by atoms with Crippen LogP contribution in [0.1, 0.15) is 11.7 Å². The fourth-order valence-electron chi connectivity index (χ4n) is 1.67. The van der Waals surface area contributed by atoms with Crippen molar-refractivity contribution < 1.29 is 18.6 Å². The SMILES string of the molecule is OC(CNc1ccc(Br)cn1)c1ccc(OC(F)F)cc1. The van der Waals surface area contributed by atoms with E-state index in [2.05, 4.69) is 31.0 Å². The first kappa shape index (κ1) is 15.7. The second-order valence-electron chi connectivity index (χ2n) is 4.21. The molecular formula is C14H13BrF2N2O2. The Hall–Kier alpha value is -1.73. The average Bonchev–Trinajstić information content (AvgIpc) is 2.46. The number of pyridine rings is 1. The van der Waals surface area contributed by atoms with Crippen LogP contribution in [0.25, 0.3) is 0 Å². The number of ether oxygens (including phenoxy) is 1. The van der Waals surface area contributed by atoms with Gasteiger partial charge in [0.15, 0.2) is 0 Å². The van der Waals surface area contributed by atoms with Crippen molar-refractivity contribution in [3.05, 3.63) is 52.6 Å². The zero-order chi connectivity index (χ0) is 15.2. The molecule has 2 N–H and O–H groups in total. The molecule has 7 heteroatoms. The van der Waals surface area contributed by atoms with Crippen molar-refractivity contribution in [2.75, 3.05) is 11.9 Å². The maximum absolute atomic E-state index is 12.0. The molecule has 2 rings (SSSR count). The number of halogens is 3. The molecule has 0 bridgehead atoms. The van der Waals surface area contributed by atoms with E-state index in [9.17, 15) is 13.9 Å². The number of aliphatic hydroxyl groups is 1. The van der Waals surface area contributed by atoms with Crippen LogP contribution in [-0.4, -0.2) is 23.2 Å². The molecule has 112 valence electrons. The first-order valence-electron chi connectivity index (χ1n) is 6.13. The summed E-state index contributed by atoms with van der Waals surface area (Å²) in [5.74, 6) is 0.693. The van der Waals surface area contributed by atoms with Gasteiger partial charge in [0, 0.05) is 17.2 Å². The number of aliphatic hydroxyl groups excluding tert-OH is 1. The maximum atomic E-state index is 12.0. The van der Waals surface area contributed by atoms with Gasteiger partial charge < -0.3 is 15.2 Å². The van der Waals surface area contributed by atoms with Crippen molar-refractivity contribution in [2.24, 2.45) is 0 Å². The Bertz CT molecular complexity index is 564. The summed E-state index contributed by atoms with van der Waals surface area (Å²) in [6, 6.07) is 9.47. The van der Waals surface area contributed by atoms with Gasteiger partial charge >= 0.3 is 6.61 Å². The van der Waals surface area contributed by atoms with Gasteiger partial charge in [-0.3, -0.25) is 0 Å². The lowest BCUT2D eigenvalue weighted by atomic mass is 10.1. The van der Waals surface area contributed by atoms with Crippen molar-refractivity contribution in [3.63, 3.8) is 0 Å². The molecule has 4 nitrogen and oxygen atoms in total. The van der Waals surface area contributed by atoms with Gasteiger partial charge in [0.05, 0.1) is 6.10 Å². The molecule has 0 aliphatic heterocycles. The van der Waals surface area contributed by atoms with Gasteiger partial charge in [-0.25, -0.2) is 4.98 Å². The molecule has 21 heavy (non-hydrogen) atoms. The van der Waals surface area contributed by atoms with Gasteiger partial charge in [0.2, 0.25) is 0 Å². The smallest absolute Gasteiger partial charge is 0.387 e. The summed E-state index contributed by atoms with van der Waals surface area (Å²) < 4.78 is 29.2. The molecule has 1 atom stereocenters. The number of benzene rings is 1. The molecule has 0 radical (unpaired) electrons. The summed E-state index contributed by atoms with van der Waals surface area (Å²) in [5, 5.41) is 13.0. The van der Waals surface area contributed by atoms with Crippen LogP contribution < -0.4 is 10.1 Å². The topological polar surface area (TPSA) is 54.4 Å². The maximum Gasteiger partial charge on any atom is 0.387 e. The quantitative estimate of drug-likeness (QED) is 0.828. The highest BCUT2D eigenvalue weighted by atomic mass is 79.9. The van der Waals surface area contributed by atoms with Crippen molar-refractivity contribution >= 4 is 21.7 Å². The van der Waals surface area contributed by atoms with Crippen LogP contribution in [0.3, 0.4) is 0 Å². The van der Waals surface area contributed by atoms with Gasteiger partial charge in [-0.05, 0) is 45.8 Å². The predicted molar refractivity (Wildman–Crippen MR) is 78.5 cm³/mol. The Kier molecular flexibility index (Phi) is 5.46. The zero-order valence-corrected chi connectivity index (χ0v) is 12.4. The lowest BCUT2D eigenvalue weighted by Gasteiger charge is -2.13. The summed E-state index contributed by atoms with van der Waals surface area (Å²) in [6.45, 7) is -2.60. The number of hydrogen-bond donors (Lipinski definition) is 2. The molecule has 0 aliphatic carbocycles. The van der Waals surface area contributed by atoms with E-state index in [0.717, 1.165) is 4.47 Å². The van der Waals surface area contributed by atoms with Crippen LogP contribution in [0.15, 0.2) is 47.1 Å². The largest absolute Gasteiger partial charge is 0.435 e. The molecule has 0 saturated heterocycles. The van der Waals surface area contributed by atoms with Crippen LogP contribution in [0.5, 0.6) is 5.75 Å². The van der Waals surface area contributed by atoms with E-state index in [1.165, 1.54) is 12.1 Å². The van der Waals surface area contributed by atoms with E-state index in [-0.39, 0.29) is 12.3 Å². The summed E-state index contributed by atoms with van der Waals surface area (Å²) >= 11 is 3.28. The van der Waals surface area contributed by atoms with Gasteiger partial charge in [-0.2, -0.15) is 8.78 Å². The van der Waals surface area contributed by atoms with Crippen LogP contribution in [0.4, 0.5) is 14.6 Å². The summed E-state index contributed by atoms with van der Waals surface area (Å²) in [6.07, 6.45) is 0.863. The first-order chi connectivity index (χ1) is 10.0. The van der Waals surface area contributed by atoms with Crippen molar-refractivity contribution in [3.8, 4) is 5.75 Å². The summed E-state index contributed by atoms with van der Waals surface area (Å²) in [4.78, 5) is 4.12. The van der Waals surface area contributed by atoms with Crippen LogP contribution >= 0.6 is 15.9 Å². The lowest BCUT2D eigenvalue weighted by Crippen LogP contribution is -2.13. The normalized spacial score (nSPS) is 12.2. The molecule has 0 spiro atoms. The summed E-state index contributed by atoms with van der Waals surface area (Å²) in [7, 11) is 0. The molecule has 1 unspecified atom stereocenters. The van der Waals surface area contributed by atoms with E-state index in [0.29, 0.717) is 11.4 Å². The second-order valence-corrected chi connectivity index (χ2v) is 5.12. The zero-order valence-electron chi connectivity index (χ0n) is 10.8. The van der Waals surface area contributed by atoms with Gasteiger partial charge in [-0.1, -0.05) is 12.1 Å². The van der Waals surface area contributed by atoms with Crippen molar-refractivity contribution in [1.29, 1.82) is 0 Å². The minimum Gasteiger partial charge on any atom is -0.435 e. The molecule has 0 saturated carbocycles. The first-order valence-corrected chi connectivity index (χ1v) is 6.92. The van der Waals surface area contributed by atoms with E-state index < -0.39 is 12.7 Å². The Morgan fingerprint density at radius 2 is 1.90 bits per heavy atom. The number of alkyl halides is 2. The van der Waals surface area contributed by atoms with E-state index in [1.807, 2.05) is 6.07 Å². The Labute approximate surface area is 128 Å². The van der Waals surface area contributed by atoms with Gasteiger partial charge in [-0.15, -0.1) is 0 Å². The highest BCUT2D eigenvalue weighted by Gasteiger charge is 2.09. The predicted octanol–water partition coefficient (Wildman–Crippen LogP) is 3.59. The number of nitrogens with one attached hydrogen (secondary N) is 1. The highest BCUT2D eigenvalue weighted by molar-refractivity contribution is 9.10. The molecule has 0 fully saturated rings. The molecule has 0 amide bonds. The fourth-order valence-corrected chi connectivity index (χ4v) is 1.91. The monoisotopic (exact) mass is 358 g/mol. The van der Waals surface area contributed by atoms with Gasteiger partial charge in [0.25, 0.3) is 0 Å². The minimum atomic E-state index is -2.86. The van der Waals surface area contributed by atoms with Crippen molar-refractivity contribution in [2.45, 2.75) is 12.7 Å². The Morgan fingerprint density at radius 3 is 2.48 bits per heavy atom. The number of aromatic nitrogens is 1. The molecule has 1 aromatic heterocycles. The van der Waals surface area contributed by atoms with E-state index in [1.54, 1.807) is 24.4 Å². The van der Waals surface area contributed by atoms with Crippen LogP contribution in [0.2, 0.25) is 0 Å². The molecule has 2 aromatic rings. The average molecular weight is 359 g/mol. The minimum absolute atomic E-state index is 0.0588. The second kappa shape index (κ2) is 7.33. The molecule has 0 aliphatic rings. The highest BCUT2D eigenvalue weighted by Crippen LogP contribution is 2.20. The summed E-state index contributed by atoms with van der Waals surface area (Å²) in [5.41, 5.74) is 0.598. The van der Waals surface area contributed by atoms with Crippen LogP contribution in [0, 0.1) is 0 Å². The number of hydrogen-bond acceptors (Lipinski definition) is 4. The van der Waals surface area contributed by atoms with E-state index in [4.69, 9.17) is 0 Å². The third kappa shape index (κ3) is 4.95. The number of anilines is 1. The fraction of sp³-hybridized carbons (Fsp3) is 0.214. The van der Waals surface area contributed by atoms with Crippen molar-refractivity contribution in [1.82, 2.24) is 4.98 Å². The van der Waals surface area contributed by atoms with E-state index >= 15 is 0 Å². The Balaban J connectivity index is 1.90. The Morgan fingerprint density at radius 1 is 1.19 bits per heavy atom.